The summed E-state index contributed by atoms with van der Waals surface area (Å²) in [5.41, 5.74) is 2.87. The van der Waals surface area contributed by atoms with Crippen molar-refractivity contribution in [2.45, 2.75) is 6.92 Å². The average Bonchev–Trinajstić information content (AvgIpc) is 2.18. The third-order valence-corrected chi connectivity index (χ3v) is 1.66. The van der Waals surface area contributed by atoms with Gasteiger partial charge in [-0.15, -0.1) is 0 Å². The predicted octanol–water partition coefficient (Wildman–Crippen LogP) is 2.41. The Morgan fingerprint density at radius 1 is 1.43 bits per heavy atom. The molecule has 1 aromatic rings. The monoisotopic (exact) mass is 214 g/mol. The van der Waals surface area contributed by atoms with Gasteiger partial charge in [-0.25, -0.2) is 10.3 Å². The van der Waals surface area contributed by atoms with E-state index < -0.39 is 6.03 Å². The van der Waals surface area contributed by atoms with Gasteiger partial charge in [0.15, 0.2) is 0 Å². The molecule has 0 aliphatic heterocycles. The fraction of sp³-hybridized carbons (Fsp3) is 0.222. The molecular weight excluding hydrogens is 204 g/mol. The zero-order chi connectivity index (χ0) is 10.4. The number of nitrogens with one attached hydrogen (secondary N) is 2. The Kier molecular flexibility index (Phi) is 4.22. The Morgan fingerprint density at radius 3 is 2.64 bits per heavy atom. The number of benzene rings is 1. The van der Waals surface area contributed by atoms with Gasteiger partial charge in [-0.2, -0.15) is 0 Å². The molecule has 0 atom stereocenters. The van der Waals surface area contributed by atoms with Crippen molar-refractivity contribution in [2.24, 2.45) is 0 Å². The molecule has 0 spiro atoms. The van der Waals surface area contributed by atoms with Crippen molar-refractivity contribution >= 4 is 23.3 Å². The minimum atomic E-state index is -0.408. The van der Waals surface area contributed by atoms with Crippen molar-refractivity contribution in [3.63, 3.8) is 0 Å². The number of carbonyl (C=O) groups excluding carboxylic acids is 1. The standard InChI is InChI=1S/C9H11ClN2O2/c1-2-14-12-9(13)11-8-5-3-7(10)4-6-8/h3-6H,2H2,1H3,(H2,11,12,13). The first-order valence-corrected chi connectivity index (χ1v) is 4.54. The van der Waals surface area contributed by atoms with E-state index >= 15 is 0 Å². The summed E-state index contributed by atoms with van der Waals surface area (Å²) in [6.45, 7) is 2.20. The molecule has 0 radical (unpaired) electrons. The van der Waals surface area contributed by atoms with Crippen LogP contribution in [-0.2, 0) is 4.84 Å². The van der Waals surface area contributed by atoms with Crippen LogP contribution in [0.25, 0.3) is 0 Å². The van der Waals surface area contributed by atoms with Gasteiger partial charge in [0.1, 0.15) is 0 Å². The Morgan fingerprint density at radius 2 is 2.07 bits per heavy atom. The van der Waals surface area contributed by atoms with E-state index in [1.165, 1.54) is 0 Å². The SMILES string of the molecule is CCONC(=O)Nc1ccc(Cl)cc1. The van der Waals surface area contributed by atoms with Crippen molar-refractivity contribution in [3.05, 3.63) is 29.3 Å². The first-order valence-electron chi connectivity index (χ1n) is 4.16. The summed E-state index contributed by atoms with van der Waals surface area (Å²) in [4.78, 5) is 15.8. The third kappa shape index (κ3) is 3.64. The predicted molar refractivity (Wildman–Crippen MR) is 55.2 cm³/mol. The normalized spacial score (nSPS) is 9.57. The summed E-state index contributed by atoms with van der Waals surface area (Å²) in [5.74, 6) is 0. The topological polar surface area (TPSA) is 50.4 Å². The Bertz CT molecular complexity index is 300. The van der Waals surface area contributed by atoms with Gasteiger partial charge in [-0.05, 0) is 31.2 Å². The highest BCUT2D eigenvalue weighted by molar-refractivity contribution is 6.30. The van der Waals surface area contributed by atoms with Crippen LogP contribution >= 0.6 is 11.6 Å². The van der Waals surface area contributed by atoms with Gasteiger partial charge in [0.25, 0.3) is 0 Å². The first kappa shape index (κ1) is 10.8. The molecule has 0 saturated carbocycles. The van der Waals surface area contributed by atoms with Gasteiger partial charge in [-0.1, -0.05) is 11.6 Å². The maximum absolute atomic E-state index is 11.1. The molecular formula is C9H11ClN2O2. The van der Waals surface area contributed by atoms with Gasteiger partial charge in [-0.3, -0.25) is 4.84 Å². The van der Waals surface area contributed by atoms with Crippen LogP contribution in [0.3, 0.4) is 0 Å². The van der Waals surface area contributed by atoms with Crippen molar-refractivity contribution in [1.29, 1.82) is 0 Å². The molecule has 0 unspecified atom stereocenters. The van der Waals surface area contributed by atoms with E-state index in [-0.39, 0.29) is 0 Å². The van der Waals surface area contributed by atoms with E-state index in [4.69, 9.17) is 16.4 Å². The van der Waals surface area contributed by atoms with Gasteiger partial charge in [0, 0.05) is 10.7 Å². The van der Waals surface area contributed by atoms with Gasteiger partial charge >= 0.3 is 6.03 Å². The first-order chi connectivity index (χ1) is 6.72. The van der Waals surface area contributed by atoms with Crippen molar-refractivity contribution in [2.75, 3.05) is 11.9 Å². The van der Waals surface area contributed by atoms with E-state index in [0.717, 1.165) is 0 Å². The maximum atomic E-state index is 11.1. The van der Waals surface area contributed by atoms with E-state index in [9.17, 15) is 4.79 Å². The van der Waals surface area contributed by atoms with Crippen LogP contribution in [0.15, 0.2) is 24.3 Å². The number of amides is 2. The van der Waals surface area contributed by atoms with Crippen LogP contribution in [0, 0.1) is 0 Å². The number of carbonyl (C=O) groups is 1. The molecule has 0 aromatic heterocycles. The summed E-state index contributed by atoms with van der Waals surface area (Å²) >= 11 is 5.68. The molecule has 2 amide bonds. The Balaban J connectivity index is 2.44. The minimum Gasteiger partial charge on any atom is -0.306 e. The molecule has 0 aliphatic rings. The molecule has 0 saturated heterocycles. The summed E-state index contributed by atoms with van der Waals surface area (Å²) < 4.78 is 0. The van der Waals surface area contributed by atoms with E-state index in [0.29, 0.717) is 17.3 Å². The fourth-order valence-electron chi connectivity index (χ4n) is 0.828. The molecule has 14 heavy (non-hydrogen) atoms. The molecule has 0 bridgehead atoms. The van der Waals surface area contributed by atoms with Crippen LogP contribution in [0.2, 0.25) is 5.02 Å². The second-order valence-corrected chi connectivity index (χ2v) is 2.93. The molecule has 1 aromatic carbocycles. The van der Waals surface area contributed by atoms with E-state index in [2.05, 4.69) is 10.8 Å². The molecule has 76 valence electrons. The molecule has 4 nitrogen and oxygen atoms in total. The number of hydrogen-bond donors (Lipinski definition) is 2. The highest BCUT2D eigenvalue weighted by Gasteiger charge is 1.99. The number of urea groups is 1. The molecule has 0 heterocycles. The second kappa shape index (κ2) is 5.47. The molecule has 0 fully saturated rings. The van der Waals surface area contributed by atoms with Crippen LogP contribution in [0.5, 0.6) is 0 Å². The number of rotatable bonds is 3. The van der Waals surface area contributed by atoms with Gasteiger partial charge in [0.05, 0.1) is 6.61 Å². The zero-order valence-corrected chi connectivity index (χ0v) is 8.47. The largest absolute Gasteiger partial charge is 0.343 e. The molecule has 2 N–H and O–H groups in total. The van der Waals surface area contributed by atoms with Crippen LogP contribution in [-0.4, -0.2) is 12.6 Å². The maximum Gasteiger partial charge on any atom is 0.343 e. The lowest BCUT2D eigenvalue weighted by molar-refractivity contribution is 0.0758. The number of hydroxylamine groups is 1. The summed E-state index contributed by atoms with van der Waals surface area (Å²) in [6, 6.07) is 6.38. The van der Waals surface area contributed by atoms with Crippen molar-refractivity contribution in [3.8, 4) is 0 Å². The average molecular weight is 215 g/mol. The second-order valence-electron chi connectivity index (χ2n) is 2.50. The molecule has 5 heteroatoms. The lowest BCUT2D eigenvalue weighted by Gasteiger charge is -2.05. The Hall–Kier alpha value is -1.26. The Labute approximate surface area is 87.2 Å². The number of anilines is 1. The third-order valence-electron chi connectivity index (χ3n) is 1.41. The van der Waals surface area contributed by atoms with Crippen LogP contribution < -0.4 is 10.8 Å². The molecule has 0 aliphatic carbocycles. The summed E-state index contributed by atoms with van der Waals surface area (Å²) in [6.07, 6.45) is 0. The van der Waals surface area contributed by atoms with E-state index in [1.54, 1.807) is 31.2 Å². The number of hydrogen-bond acceptors (Lipinski definition) is 2. The highest BCUT2D eigenvalue weighted by atomic mass is 35.5. The summed E-state index contributed by atoms with van der Waals surface area (Å²) in [7, 11) is 0. The minimum absolute atomic E-state index is 0.408. The molecule has 1 rings (SSSR count). The highest BCUT2D eigenvalue weighted by Crippen LogP contribution is 2.12. The smallest absolute Gasteiger partial charge is 0.306 e. The van der Waals surface area contributed by atoms with Crippen LogP contribution in [0.1, 0.15) is 6.92 Å². The summed E-state index contributed by atoms with van der Waals surface area (Å²) in [5, 5.41) is 3.20. The zero-order valence-electron chi connectivity index (χ0n) is 7.71. The fourth-order valence-corrected chi connectivity index (χ4v) is 0.954. The van der Waals surface area contributed by atoms with Crippen molar-refractivity contribution < 1.29 is 9.63 Å². The number of halogens is 1. The lowest BCUT2D eigenvalue weighted by atomic mass is 10.3. The van der Waals surface area contributed by atoms with Gasteiger partial charge in [0.2, 0.25) is 0 Å². The quantitative estimate of drug-likeness (QED) is 0.760. The van der Waals surface area contributed by atoms with Gasteiger partial charge < -0.3 is 5.32 Å². The van der Waals surface area contributed by atoms with Crippen LogP contribution in [0.4, 0.5) is 10.5 Å². The lowest BCUT2D eigenvalue weighted by Crippen LogP contribution is -2.28. The van der Waals surface area contributed by atoms with Crippen molar-refractivity contribution in [1.82, 2.24) is 5.48 Å². The van der Waals surface area contributed by atoms with E-state index in [1.807, 2.05) is 0 Å².